The van der Waals surface area contributed by atoms with E-state index in [1.807, 2.05) is 0 Å². The standard InChI is InChI=1S/C16H18FN3O2/c1-11-5-6-12(10-13(11)17)15(21)18-7-8-19-16(22)14-4-3-9-20(14)2/h3-6,9-10H,7-8H2,1-2H3,(H,18,21)(H,19,22). The quantitative estimate of drug-likeness (QED) is 0.825. The van der Waals surface area contributed by atoms with Gasteiger partial charge in [-0.2, -0.15) is 0 Å². The third kappa shape index (κ3) is 3.72. The van der Waals surface area contributed by atoms with Crippen LogP contribution in [-0.4, -0.2) is 29.5 Å². The maximum absolute atomic E-state index is 13.4. The fourth-order valence-corrected chi connectivity index (χ4v) is 1.98. The van der Waals surface area contributed by atoms with Crippen LogP contribution in [0.25, 0.3) is 0 Å². The SMILES string of the molecule is Cc1ccc(C(=O)NCCNC(=O)c2cccn2C)cc1F. The van der Waals surface area contributed by atoms with Crippen LogP contribution in [0.4, 0.5) is 4.39 Å². The van der Waals surface area contributed by atoms with E-state index < -0.39 is 5.82 Å². The Balaban J connectivity index is 1.79. The highest BCUT2D eigenvalue weighted by Crippen LogP contribution is 2.08. The number of nitrogens with zero attached hydrogens (tertiary/aromatic N) is 1. The van der Waals surface area contributed by atoms with Gasteiger partial charge >= 0.3 is 0 Å². The molecule has 1 heterocycles. The lowest BCUT2D eigenvalue weighted by Gasteiger charge is -2.08. The molecule has 2 rings (SSSR count). The molecule has 116 valence electrons. The Morgan fingerprint density at radius 1 is 1.14 bits per heavy atom. The Bertz CT molecular complexity index is 694. The van der Waals surface area contributed by atoms with Crippen LogP contribution in [0.5, 0.6) is 0 Å². The molecule has 0 radical (unpaired) electrons. The summed E-state index contributed by atoms with van der Waals surface area (Å²) in [5.74, 6) is -0.986. The molecule has 5 nitrogen and oxygen atoms in total. The zero-order chi connectivity index (χ0) is 16.1. The van der Waals surface area contributed by atoms with Gasteiger partial charge in [-0.3, -0.25) is 9.59 Å². The molecular formula is C16H18FN3O2. The molecule has 0 saturated heterocycles. The zero-order valence-corrected chi connectivity index (χ0v) is 12.5. The highest BCUT2D eigenvalue weighted by molar-refractivity contribution is 5.94. The second-order valence-corrected chi connectivity index (χ2v) is 4.98. The third-order valence-electron chi connectivity index (χ3n) is 3.31. The van der Waals surface area contributed by atoms with E-state index in [9.17, 15) is 14.0 Å². The van der Waals surface area contributed by atoms with Crippen LogP contribution in [0.1, 0.15) is 26.4 Å². The summed E-state index contributed by atoms with van der Waals surface area (Å²) in [4.78, 5) is 23.7. The Labute approximate surface area is 128 Å². The van der Waals surface area contributed by atoms with Crippen LogP contribution >= 0.6 is 0 Å². The van der Waals surface area contributed by atoms with Gasteiger partial charge in [-0.25, -0.2) is 4.39 Å². The van der Waals surface area contributed by atoms with Crippen molar-refractivity contribution in [1.29, 1.82) is 0 Å². The van der Waals surface area contributed by atoms with Crippen molar-refractivity contribution in [2.24, 2.45) is 7.05 Å². The molecule has 0 fully saturated rings. The number of carbonyl (C=O) groups excluding carboxylic acids is 2. The second-order valence-electron chi connectivity index (χ2n) is 4.98. The zero-order valence-electron chi connectivity index (χ0n) is 12.5. The molecule has 0 atom stereocenters. The Hall–Kier alpha value is -2.63. The number of carbonyl (C=O) groups is 2. The second kappa shape index (κ2) is 6.89. The van der Waals surface area contributed by atoms with E-state index in [4.69, 9.17) is 0 Å². The minimum Gasteiger partial charge on any atom is -0.350 e. The number of aryl methyl sites for hydroxylation is 2. The van der Waals surface area contributed by atoms with Crippen molar-refractivity contribution < 1.29 is 14.0 Å². The van der Waals surface area contributed by atoms with Gasteiger partial charge in [0.05, 0.1) is 0 Å². The van der Waals surface area contributed by atoms with Gasteiger partial charge in [0.25, 0.3) is 11.8 Å². The first kappa shape index (κ1) is 15.8. The van der Waals surface area contributed by atoms with Crippen molar-refractivity contribution in [1.82, 2.24) is 15.2 Å². The lowest BCUT2D eigenvalue weighted by atomic mass is 10.1. The predicted octanol–water partition coefficient (Wildman–Crippen LogP) is 1.63. The van der Waals surface area contributed by atoms with Crippen molar-refractivity contribution in [2.75, 3.05) is 13.1 Å². The van der Waals surface area contributed by atoms with Crippen LogP contribution < -0.4 is 10.6 Å². The third-order valence-corrected chi connectivity index (χ3v) is 3.31. The molecule has 2 amide bonds. The summed E-state index contributed by atoms with van der Waals surface area (Å²) in [7, 11) is 1.78. The van der Waals surface area contributed by atoms with E-state index in [1.165, 1.54) is 6.07 Å². The van der Waals surface area contributed by atoms with Gasteiger partial charge in [0.1, 0.15) is 11.5 Å². The van der Waals surface area contributed by atoms with Gasteiger partial charge in [0.2, 0.25) is 0 Å². The van der Waals surface area contributed by atoms with Crippen molar-refractivity contribution in [3.05, 3.63) is 59.2 Å². The number of hydrogen-bond donors (Lipinski definition) is 2. The molecule has 0 aliphatic carbocycles. The van der Waals surface area contributed by atoms with Crippen LogP contribution in [-0.2, 0) is 7.05 Å². The normalized spacial score (nSPS) is 10.3. The molecule has 0 aliphatic heterocycles. The number of benzene rings is 1. The average molecular weight is 303 g/mol. The van der Waals surface area contributed by atoms with E-state index in [1.54, 1.807) is 49.0 Å². The number of rotatable bonds is 5. The van der Waals surface area contributed by atoms with Crippen LogP contribution in [0.15, 0.2) is 36.5 Å². The Morgan fingerprint density at radius 2 is 1.82 bits per heavy atom. The van der Waals surface area contributed by atoms with E-state index in [-0.39, 0.29) is 23.9 Å². The molecule has 6 heteroatoms. The first-order valence-corrected chi connectivity index (χ1v) is 6.93. The van der Waals surface area contributed by atoms with Gasteiger partial charge in [0.15, 0.2) is 0 Å². The highest BCUT2D eigenvalue weighted by atomic mass is 19.1. The Kier molecular flexibility index (Phi) is 4.93. The topological polar surface area (TPSA) is 63.1 Å². The fourth-order valence-electron chi connectivity index (χ4n) is 1.98. The van der Waals surface area contributed by atoms with Crippen molar-refractivity contribution in [3.63, 3.8) is 0 Å². The highest BCUT2D eigenvalue weighted by Gasteiger charge is 2.09. The minimum absolute atomic E-state index is 0.205. The monoisotopic (exact) mass is 303 g/mol. The molecule has 0 unspecified atom stereocenters. The number of amides is 2. The summed E-state index contributed by atoms with van der Waals surface area (Å²) in [5.41, 5.74) is 1.30. The van der Waals surface area contributed by atoms with E-state index in [2.05, 4.69) is 10.6 Å². The van der Waals surface area contributed by atoms with Crippen molar-refractivity contribution >= 4 is 11.8 Å². The number of aromatic nitrogens is 1. The summed E-state index contributed by atoms with van der Waals surface area (Å²) in [5, 5.41) is 5.34. The molecule has 2 aromatic rings. The van der Waals surface area contributed by atoms with Crippen LogP contribution in [0.2, 0.25) is 0 Å². The summed E-state index contributed by atoms with van der Waals surface area (Å²) in [6.45, 7) is 2.20. The van der Waals surface area contributed by atoms with Gasteiger partial charge in [-0.15, -0.1) is 0 Å². The first-order chi connectivity index (χ1) is 10.5. The molecular weight excluding hydrogens is 285 g/mol. The number of nitrogens with one attached hydrogen (secondary N) is 2. The molecule has 0 bridgehead atoms. The summed E-state index contributed by atoms with van der Waals surface area (Å²) in [6.07, 6.45) is 1.78. The van der Waals surface area contributed by atoms with E-state index >= 15 is 0 Å². The molecule has 0 aliphatic rings. The molecule has 1 aromatic heterocycles. The molecule has 2 N–H and O–H groups in total. The first-order valence-electron chi connectivity index (χ1n) is 6.93. The smallest absolute Gasteiger partial charge is 0.267 e. The van der Waals surface area contributed by atoms with Gasteiger partial charge in [0, 0.05) is 31.9 Å². The van der Waals surface area contributed by atoms with Crippen LogP contribution in [0, 0.1) is 12.7 Å². The largest absolute Gasteiger partial charge is 0.350 e. The van der Waals surface area contributed by atoms with Gasteiger partial charge in [-0.1, -0.05) is 6.07 Å². The summed E-state index contributed by atoms with van der Waals surface area (Å²) >= 11 is 0. The van der Waals surface area contributed by atoms with Crippen LogP contribution in [0.3, 0.4) is 0 Å². The predicted molar refractivity (Wildman–Crippen MR) is 81.2 cm³/mol. The van der Waals surface area contributed by atoms with E-state index in [0.717, 1.165) is 0 Å². The lowest BCUT2D eigenvalue weighted by molar-refractivity contribution is 0.0923. The molecule has 0 saturated carbocycles. The van der Waals surface area contributed by atoms with Gasteiger partial charge in [-0.05, 0) is 36.8 Å². The van der Waals surface area contributed by atoms with Crippen molar-refractivity contribution in [3.8, 4) is 0 Å². The maximum Gasteiger partial charge on any atom is 0.267 e. The molecule has 1 aromatic carbocycles. The lowest BCUT2D eigenvalue weighted by Crippen LogP contribution is -2.35. The Morgan fingerprint density at radius 3 is 2.41 bits per heavy atom. The fraction of sp³-hybridized carbons (Fsp3) is 0.250. The van der Waals surface area contributed by atoms with Crippen molar-refractivity contribution in [2.45, 2.75) is 6.92 Å². The van der Waals surface area contributed by atoms with E-state index in [0.29, 0.717) is 17.8 Å². The van der Waals surface area contributed by atoms with Gasteiger partial charge < -0.3 is 15.2 Å². The number of halogens is 1. The average Bonchev–Trinajstić information content (AvgIpc) is 2.92. The number of hydrogen-bond acceptors (Lipinski definition) is 2. The summed E-state index contributed by atoms with van der Waals surface area (Å²) in [6, 6.07) is 7.82. The maximum atomic E-state index is 13.4. The minimum atomic E-state index is -0.412. The summed E-state index contributed by atoms with van der Waals surface area (Å²) < 4.78 is 15.1. The molecule has 22 heavy (non-hydrogen) atoms. The molecule has 0 spiro atoms.